The van der Waals surface area contributed by atoms with Crippen LogP contribution in [0.1, 0.15) is 28.2 Å². The Bertz CT molecular complexity index is 852. The molecule has 1 aliphatic heterocycles. The van der Waals surface area contributed by atoms with Crippen molar-refractivity contribution in [3.8, 4) is 0 Å². The number of rotatable bonds is 1. The molecule has 116 valence electrons. The van der Waals surface area contributed by atoms with Gasteiger partial charge >= 0.3 is 0 Å². The Morgan fingerprint density at radius 2 is 1.91 bits per heavy atom. The van der Waals surface area contributed by atoms with E-state index < -0.39 is 0 Å². The molecule has 0 atom stereocenters. The Labute approximate surface area is 135 Å². The van der Waals surface area contributed by atoms with E-state index in [1.807, 2.05) is 35.2 Å². The molecule has 0 unspecified atom stereocenters. The number of nitrogens with one attached hydrogen (secondary N) is 1. The first-order valence-electron chi connectivity index (χ1n) is 8.10. The number of H-pyrrole nitrogens is 1. The molecular weight excluding hydrogens is 286 g/mol. The van der Waals surface area contributed by atoms with Gasteiger partial charge in [0, 0.05) is 30.8 Å². The summed E-state index contributed by atoms with van der Waals surface area (Å²) in [5.41, 5.74) is 3.09. The molecular formula is C19H19N3O. The highest BCUT2D eigenvalue weighted by molar-refractivity contribution is 5.98. The summed E-state index contributed by atoms with van der Waals surface area (Å²) in [5, 5.41) is 2.28. The molecule has 0 aliphatic carbocycles. The topological polar surface area (TPSA) is 49.0 Å². The average Bonchev–Trinajstić information content (AvgIpc) is 3.00. The fraction of sp³-hybridized carbons (Fsp3) is 0.263. The third kappa shape index (κ3) is 2.72. The summed E-state index contributed by atoms with van der Waals surface area (Å²) in [6.45, 7) is 1.52. The Hall–Kier alpha value is -2.62. The van der Waals surface area contributed by atoms with Gasteiger partial charge in [0.15, 0.2) is 0 Å². The average molecular weight is 305 g/mol. The van der Waals surface area contributed by atoms with Gasteiger partial charge in [-0.2, -0.15) is 0 Å². The van der Waals surface area contributed by atoms with Gasteiger partial charge in [0.05, 0.1) is 12.0 Å². The molecule has 1 amide bonds. The first-order valence-corrected chi connectivity index (χ1v) is 8.10. The molecule has 3 aromatic rings. The normalized spacial score (nSPS) is 15.0. The van der Waals surface area contributed by atoms with E-state index >= 15 is 0 Å². The van der Waals surface area contributed by atoms with E-state index in [1.54, 1.807) is 6.33 Å². The van der Waals surface area contributed by atoms with Crippen molar-refractivity contribution in [3.05, 3.63) is 65.7 Å². The zero-order chi connectivity index (χ0) is 15.6. The van der Waals surface area contributed by atoms with E-state index in [4.69, 9.17) is 0 Å². The lowest BCUT2D eigenvalue weighted by Gasteiger charge is -2.24. The van der Waals surface area contributed by atoms with Gasteiger partial charge in [-0.3, -0.25) is 4.79 Å². The number of amides is 1. The van der Waals surface area contributed by atoms with Crippen LogP contribution in [0, 0.1) is 0 Å². The number of carbonyl (C=O) groups is 1. The Morgan fingerprint density at radius 3 is 2.83 bits per heavy atom. The van der Waals surface area contributed by atoms with E-state index in [9.17, 15) is 4.79 Å². The number of nitrogens with zero attached hydrogens (tertiary/aromatic N) is 2. The zero-order valence-corrected chi connectivity index (χ0v) is 13.0. The Kier molecular flexibility index (Phi) is 3.58. The molecule has 1 aromatic heterocycles. The van der Waals surface area contributed by atoms with Crippen LogP contribution in [-0.2, 0) is 12.8 Å². The number of aryl methyl sites for hydroxylation is 1. The van der Waals surface area contributed by atoms with Crippen molar-refractivity contribution in [2.45, 2.75) is 19.3 Å². The number of hydrogen-bond donors (Lipinski definition) is 1. The minimum atomic E-state index is 0.120. The number of fused-ring (bicyclic) bond motifs is 2. The van der Waals surface area contributed by atoms with Crippen LogP contribution in [0.25, 0.3) is 10.8 Å². The van der Waals surface area contributed by atoms with Crippen molar-refractivity contribution in [2.75, 3.05) is 13.1 Å². The quantitative estimate of drug-likeness (QED) is 0.750. The summed E-state index contributed by atoms with van der Waals surface area (Å²) in [5.74, 6) is 0.120. The molecule has 1 aliphatic rings. The van der Waals surface area contributed by atoms with Crippen molar-refractivity contribution in [1.82, 2.24) is 14.9 Å². The predicted molar refractivity (Wildman–Crippen MR) is 90.5 cm³/mol. The molecule has 0 bridgehead atoms. The lowest BCUT2D eigenvalue weighted by Crippen LogP contribution is -2.35. The summed E-state index contributed by atoms with van der Waals surface area (Å²) in [6, 6.07) is 14.1. The van der Waals surface area contributed by atoms with Crippen LogP contribution in [0.5, 0.6) is 0 Å². The minimum absolute atomic E-state index is 0.120. The predicted octanol–water partition coefficient (Wildman–Crippen LogP) is 3.19. The Balaban J connectivity index is 1.57. The molecule has 0 radical (unpaired) electrons. The number of aromatic nitrogens is 2. The molecule has 0 fully saturated rings. The molecule has 23 heavy (non-hydrogen) atoms. The second-order valence-corrected chi connectivity index (χ2v) is 6.04. The largest absolute Gasteiger partial charge is 0.348 e. The van der Waals surface area contributed by atoms with Gasteiger partial charge in [-0.25, -0.2) is 4.98 Å². The monoisotopic (exact) mass is 305 g/mol. The van der Waals surface area contributed by atoms with E-state index in [2.05, 4.69) is 22.1 Å². The van der Waals surface area contributed by atoms with Gasteiger partial charge < -0.3 is 9.88 Å². The number of imidazole rings is 1. The first kappa shape index (κ1) is 14.0. The lowest BCUT2D eigenvalue weighted by molar-refractivity contribution is 0.0753. The van der Waals surface area contributed by atoms with Crippen LogP contribution in [0.4, 0.5) is 0 Å². The van der Waals surface area contributed by atoms with Crippen molar-refractivity contribution in [2.24, 2.45) is 0 Å². The summed E-state index contributed by atoms with van der Waals surface area (Å²) in [6.07, 6.45) is 4.50. The van der Waals surface area contributed by atoms with Gasteiger partial charge in [0.25, 0.3) is 5.91 Å². The SMILES string of the molecule is O=C(c1ccc2ccccc2c1)N1CCCc2[nH]cnc2CC1. The van der Waals surface area contributed by atoms with Gasteiger partial charge in [0.1, 0.15) is 0 Å². The van der Waals surface area contributed by atoms with Crippen molar-refractivity contribution in [1.29, 1.82) is 0 Å². The summed E-state index contributed by atoms with van der Waals surface area (Å²) in [7, 11) is 0. The summed E-state index contributed by atoms with van der Waals surface area (Å²) in [4.78, 5) is 22.4. The van der Waals surface area contributed by atoms with E-state index in [1.165, 1.54) is 5.69 Å². The van der Waals surface area contributed by atoms with E-state index in [-0.39, 0.29) is 5.91 Å². The summed E-state index contributed by atoms with van der Waals surface area (Å²) >= 11 is 0. The number of aromatic amines is 1. The molecule has 0 saturated carbocycles. The van der Waals surface area contributed by atoms with Crippen LogP contribution in [0.2, 0.25) is 0 Å². The number of carbonyl (C=O) groups excluding carboxylic acids is 1. The molecule has 0 spiro atoms. The molecule has 4 nitrogen and oxygen atoms in total. The van der Waals surface area contributed by atoms with Gasteiger partial charge in [-0.15, -0.1) is 0 Å². The van der Waals surface area contributed by atoms with E-state index in [0.29, 0.717) is 0 Å². The molecule has 4 heteroatoms. The molecule has 0 saturated heterocycles. The van der Waals surface area contributed by atoms with Crippen molar-refractivity contribution >= 4 is 16.7 Å². The molecule has 4 rings (SSSR count). The van der Waals surface area contributed by atoms with Crippen LogP contribution in [0.3, 0.4) is 0 Å². The second-order valence-electron chi connectivity index (χ2n) is 6.04. The van der Waals surface area contributed by atoms with Crippen molar-refractivity contribution in [3.63, 3.8) is 0 Å². The summed E-state index contributed by atoms with van der Waals surface area (Å²) < 4.78 is 0. The fourth-order valence-electron chi connectivity index (χ4n) is 3.29. The standard InChI is InChI=1S/C19H19N3O/c23-19(16-8-7-14-4-1-2-5-15(14)12-16)22-10-3-6-17-18(9-11-22)21-13-20-17/h1-2,4-5,7-8,12-13H,3,6,9-11H2,(H,20,21). The minimum Gasteiger partial charge on any atom is -0.348 e. The molecule has 1 N–H and O–H groups in total. The number of benzene rings is 2. The number of hydrogen-bond acceptors (Lipinski definition) is 2. The maximum atomic E-state index is 12.9. The highest BCUT2D eigenvalue weighted by Gasteiger charge is 2.19. The smallest absolute Gasteiger partial charge is 0.253 e. The lowest BCUT2D eigenvalue weighted by atomic mass is 10.0. The highest BCUT2D eigenvalue weighted by Crippen LogP contribution is 2.18. The van der Waals surface area contributed by atoms with Crippen LogP contribution >= 0.6 is 0 Å². The second kappa shape index (κ2) is 5.88. The highest BCUT2D eigenvalue weighted by atomic mass is 16.2. The zero-order valence-electron chi connectivity index (χ0n) is 13.0. The van der Waals surface area contributed by atoms with Gasteiger partial charge in [0.2, 0.25) is 0 Å². The maximum absolute atomic E-state index is 12.9. The first-order chi connectivity index (χ1) is 11.3. The molecule has 2 heterocycles. The van der Waals surface area contributed by atoms with Crippen LogP contribution in [-0.4, -0.2) is 33.9 Å². The van der Waals surface area contributed by atoms with Gasteiger partial charge in [-0.1, -0.05) is 30.3 Å². The van der Waals surface area contributed by atoms with Crippen LogP contribution < -0.4 is 0 Å². The fourth-order valence-corrected chi connectivity index (χ4v) is 3.29. The van der Waals surface area contributed by atoms with Crippen molar-refractivity contribution < 1.29 is 4.79 Å². The Morgan fingerprint density at radius 1 is 1.04 bits per heavy atom. The van der Waals surface area contributed by atoms with E-state index in [0.717, 1.165) is 54.4 Å². The third-order valence-electron chi connectivity index (χ3n) is 4.56. The van der Waals surface area contributed by atoms with Gasteiger partial charge in [-0.05, 0) is 35.7 Å². The van der Waals surface area contributed by atoms with Crippen LogP contribution in [0.15, 0.2) is 48.8 Å². The molecule has 2 aromatic carbocycles. The third-order valence-corrected chi connectivity index (χ3v) is 4.56. The maximum Gasteiger partial charge on any atom is 0.253 e.